The molecule has 0 bridgehead atoms. The van der Waals surface area contributed by atoms with Gasteiger partial charge in [-0.1, -0.05) is 0 Å². The van der Waals surface area contributed by atoms with Gasteiger partial charge in [0.1, 0.15) is 0 Å². The Balaban J connectivity index is 2.41. The number of hydrogen-bond donors (Lipinski definition) is 2. The van der Waals surface area contributed by atoms with Crippen LogP contribution in [0.2, 0.25) is 0 Å². The molecule has 1 aliphatic heterocycles. The van der Waals surface area contributed by atoms with Gasteiger partial charge in [-0.2, -0.15) is 12.7 Å². The fourth-order valence-corrected chi connectivity index (χ4v) is 3.10. The zero-order chi connectivity index (χ0) is 13.6. The van der Waals surface area contributed by atoms with Crippen LogP contribution < -0.4 is 4.72 Å². The number of carbonyl (C=O) groups is 1. The molecule has 1 fully saturated rings. The fraction of sp³-hybridized carbons (Fsp3) is 0.727. The molecule has 1 heterocycles. The minimum Gasteiger partial charge on any atom is -0.481 e. The Morgan fingerprint density at radius 3 is 2.56 bits per heavy atom. The topological polar surface area (TPSA) is 86.7 Å². The molecular weight excluding hydrogens is 256 g/mol. The van der Waals surface area contributed by atoms with Crippen LogP contribution in [0.1, 0.15) is 25.7 Å². The number of carboxylic acids is 1. The Kier molecular flexibility index (Phi) is 5.59. The average Bonchev–Trinajstić information content (AvgIpc) is 2.35. The summed E-state index contributed by atoms with van der Waals surface area (Å²) in [5, 5.41) is 8.83. The van der Waals surface area contributed by atoms with Crippen LogP contribution in [0.15, 0.2) is 0 Å². The minimum absolute atomic E-state index is 0.251. The smallest absolute Gasteiger partial charge is 0.306 e. The first-order chi connectivity index (χ1) is 8.47. The fourth-order valence-electron chi connectivity index (χ4n) is 1.83. The number of aliphatic carboxylic acids is 1. The molecule has 6 nitrogen and oxygen atoms in total. The quantitative estimate of drug-likeness (QED) is 0.528. The summed E-state index contributed by atoms with van der Waals surface area (Å²) in [6, 6.07) is 0. The summed E-state index contributed by atoms with van der Waals surface area (Å²) < 4.78 is 27.4. The first-order valence-corrected chi connectivity index (χ1v) is 7.32. The molecule has 0 amide bonds. The average molecular weight is 274 g/mol. The van der Waals surface area contributed by atoms with Gasteiger partial charge in [0.2, 0.25) is 0 Å². The van der Waals surface area contributed by atoms with Crippen molar-refractivity contribution in [3.8, 4) is 12.3 Å². The van der Waals surface area contributed by atoms with Crippen molar-refractivity contribution < 1.29 is 18.3 Å². The lowest BCUT2D eigenvalue weighted by Crippen LogP contribution is -2.46. The van der Waals surface area contributed by atoms with Crippen molar-refractivity contribution in [1.82, 2.24) is 9.03 Å². The van der Waals surface area contributed by atoms with Crippen molar-refractivity contribution in [3.05, 3.63) is 0 Å². The van der Waals surface area contributed by atoms with Crippen LogP contribution >= 0.6 is 0 Å². The first kappa shape index (κ1) is 15.0. The Bertz CT molecular complexity index is 419. The largest absolute Gasteiger partial charge is 0.481 e. The number of piperidine rings is 1. The molecule has 102 valence electrons. The van der Waals surface area contributed by atoms with E-state index in [-0.39, 0.29) is 13.1 Å². The molecule has 1 aliphatic rings. The van der Waals surface area contributed by atoms with Crippen molar-refractivity contribution in [2.45, 2.75) is 25.7 Å². The highest BCUT2D eigenvalue weighted by Crippen LogP contribution is 2.18. The first-order valence-electron chi connectivity index (χ1n) is 5.88. The third kappa shape index (κ3) is 4.29. The molecule has 0 aromatic heterocycles. The summed E-state index contributed by atoms with van der Waals surface area (Å²) in [6.45, 7) is 0.814. The van der Waals surface area contributed by atoms with E-state index in [2.05, 4.69) is 10.6 Å². The van der Waals surface area contributed by atoms with E-state index in [1.807, 2.05) is 0 Å². The van der Waals surface area contributed by atoms with Gasteiger partial charge in [0.05, 0.1) is 5.92 Å². The molecule has 0 unspecified atom stereocenters. The second-order valence-corrected chi connectivity index (χ2v) is 5.97. The summed E-state index contributed by atoms with van der Waals surface area (Å²) in [4.78, 5) is 10.8. The molecule has 1 rings (SSSR count). The van der Waals surface area contributed by atoms with Gasteiger partial charge >= 0.3 is 5.97 Å². The summed E-state index contributed by atoms with van der Waals surface area (Å²) in [7, 11) is -3.49. The second-order valence-electron chi connectivity index (χ2n) is 4.22. The summed E-state index contributed by atoms with van der Waals surface area (Å²) in [6.07, 6.45) is 6.92. The van der Waals surface area contributed by atoms with Gasteiger partial charge in [-0.05, 0) is 19.3 Å². The maximum absolute atomic E-state index is 11.8. The number of nitrogens with one attached hydrogen (secondary N) is 1. The van der Waals surface area contributed by atoms with Crippen molar-refractivity contribution in [1.29, 1.82) is 0 Å². The van der Waals surface area contributed by atoms with Gasteiger partial charge in [-0.25, -0.2) is 4.72 Å². The summed E-state index contributed by atoms with van der Waals surface area (Å²) >= 11 is 0. The molecule has 0 atom stereocenters. The van der Waals surface area contributed by atoms with Gasteiger partial charge in [0.25, 0.3) is 10.2 Å². The molecule has 1 saturated heterocycles. The molecule has 18 heavy (non-hydrogen) atoms. The zero-order valence-electron chi connectivity index (χ0n) is 10.1. The summed E-state index contributed by atoms with van der Waals surface area (Å²) in [5.41, 5.74) is 0. The van der Waals surface area contributed by atoms with E-state index < -0.39 is 22.1 Å². The lowest BCUT2D eigenvalue weighted by atomic mass is 9.99. The van der Waals surface area contributed by atoms with Gasteiger partial charge in [0, 0.05) is 26.1 Å². The molecule has 0 saturated carbocycles. The third-order valence-electron chi connectivity index (χ3n) is 2.93. The summed E-state index contributed by atoms with van der Waals surface area (Å²) in [5.74, 6) is 1.15. The van der Waals surface area contributed by atoms with Crippen molar-refractivity contribution in [2.75, 3.05) is 19.6 Å². The molecular formula is C11H18N2O4S. The molecule has 0 radical (unpaired) electrons. The Labute approximate surface area is 108 Å². The van der Waals surface area contributed by atoms with Crippen LogP contribution in [0.25, 0.3) is 0 Å². The van der Waals surface area contributed by atoms with Crippen LogP contribution in [0.5, 0.6) is 0 Å². The number of hydrogen-bond acceptors (Lipinski definition) is 3. The van der Waals surface area contributed by atoms with Gasteiger partial charge in [-0.15, -0.1) is 12.3 Å². The Hall–Kier alpha value is -1.10. The standard InChI is InChI=1S/C11H18N2O4S/c1-2-3-4-7-12-18(16,17)13-8-5-10(6-9-13)11(14)15/h1,10,12H,3-9H2,(H,14,15). The van der Waals surface area contributed by atoms with E-state index in [0.29, 0.717) is 32.2 Å². The molecule has 0 aromatic rings. The Morgan fingerprint density at radius 2 is 2.06 bits per heavy atom. The van der Waals surface area contributed by atoms with Crippen LogP contribution in [-0.4, -0.2) is 43.4 Å². The van der Waals surface area contributed by atoms with Crippen LogP contribution in [-0.2, 0) is 15.0 Å². The molecule has 2 N–H and O–H groups in total. The molecule has 0 spiro atoms. The zero-order valence-corrected chi connectivity index (χ0v) is 10.9. The minimum atomic E-state index is -3.49. The lowest BCUT2D eigenvalue weighted by Gasteiger charge is -2.29. The molecule has 0 aromatic carbocycles. The van der Waals surface area contributed by atoms with E-state index >= 15 is 0 Å². The third-order valence-corrected chi connectivity index (χ3v) is 4.54. The number of nitrogens with zero attached hydrogens (tertiary/aromatic N) is 1. The number of terminal acetylenes is 1. The van der Waals surface area contributed by atoms with E-state index in [1.54, 1.807) is 0 Å². The predicted octanol–water partition coefficient (Wildman–Crippen LogP) is 0.0308. The highest BCUT2D eigenvalue weighted by Gasteiger charge is 2.30. The Morgan fingerprint density at radius 1 is 1.44 bits per heavy atom. The van der Waals surface area contributed by atoms with Crippen molar-refractivity contribution >= 4 is 16.2 Å². The van der Waals surface area contributed by atoms with E-state index in [9.17, 15) is 13.2 Å². The SMILES string of the molecule is C#CCCCNS(=O)(=O)N1CCC(C(=O)O)CC1. The maximum Gasteiger partial charge on any atom is 0.306 e. The lowest BCUT2D eigenvalue weighted by molar-refractivity contribution is -0.142. The van der Waals surface area contributed by atoms with Crippen molar-refractivity contribution in [3.63, 3.8) is 0 Å². The van der Waals surface area contributed by atoms with E-state index in [0.717, 1.165) is 0 Å². The van der Waals surface area contributed by atoms with Crippen LogP contribution in [0, 0.1) is 18.3 Å². The number of unbranched alkanes of at least 4 members (excludes halogenated alkanes) is 1. The molecule has 7 heteroatoms. The van der Waals surface area contributed by atoms with Gasteiger partial charge in [-0.3, -0.25) is 4.79 Å². The second kappa shape index (κ2) is 6.73. The van der Waals surface area contributed by atoms with E-state index in [4.69, 9.17) is 11.5 Å². The van der Waals surface area contributed by atoms with E-state index in [1.165, 1.54) is 4.31 Å². The van der Waals surface area contributed by atoms with Gasteiger partial charge < -0.3 is 5.11 Å². The maximum atomic E-state index is 11.8. The van der Waals surface area contributed by atoms with Crippen LogP contribution in [0.3, 0.4) is 0 Å². The predicted molar refractivity (Wildman–Crippen MR) is 66.9 cm³/mol. The normalized spacial score (nSPS) is 18.4. The van der Waals surface area contributed by atoms with Crippen molar-refractivity contribution in [2.24, 2.45) is 5.92 Å². The highest BCUT2D eigenvalue weighted by molar-refractivity contribution is 7.87. The monoisotopic (exact) mass is 274 g/mol. The molecule has 0 aliphatic carbocycles. The number of carboxylic acid groups (broad SMARTS) is 1. The highest BCUT2D eigenvalue weighted by atomic mass is 32.2. The van der Waals surface area contributed by atoms with Gasteiger partial charge in [0.15, 0.2) is 0 Å². The number of rotatable bonds is 6. The van der Waals surface area contributed by atoms with Crippen LogP contribution in [0.4, 0.5) is 0 Å².